The molecule has 0 unspecified atom stereocenters. The summed E-state index contributed by atoms with van der Waals surface area (Å²) in [5.74, 6) is 0.859. The number of halogens is 3. The Morgan fingerprint density at radius 1 is 0.867 bits per heavy atom. The van der Waals surface area contributed by atoms with E-state index in [2.05, 4.69) is 10.3 Å². The van der Waals surface area contributed by atoms with Gasteiger partial charge in [0.25, 0.3) is 0 Å². The first kappa shape index (κ1) is 18.9. The molecule has 7 heteroatoms. The summed E-state index contributed by atoms with van der Waals surface area (Å²) >= 11 is 12.5. The van der Waals surface area contributed by atoms with Gasteiger partial charge in [0, 0.05) is 21.3 Å². The molecule has 30 heavy (non-hydrogen) atoms. The molecule has 4 nitrogen and oxygen atoms in total. The van der Waals surface area contributed by atoms with Crippen LogP contribution in [0.15, 0.2) is 78.9 Å². The van der Waals surface area contributed by atoms with Gasteiger partial charge in [-0.25, -0.2) is 9.07 Å². The number of allylic oxidation sites excluding steroid dienone is 1. The smallest absolute Gasteiger partial charge is 0.227 e. The number of fused-ring (bicyclic) bond motifs is 1. The Bertz CT molecular complexity index is 1250. The number of nitrogens with zero attached hydrogens (tertiary/aromatic N) is 3. The third kappa shape index (κ3) is 3.47. The molecule has 1 aromatic heterocycles. The fourth-order valence-corrected chi connectivity index (χ4v) is 3.82. The molecule has 0 saturated heterocycles. The van der Waals surface area contributed by atoms with Crippen molar-refractivity contribution in [2.45, 2.75) is 6.04 Å². The van der Waals surface area contributed by atoms with E-state index in [9.17, 15) is 4.39 Å². The fourth-order valence-electron chi connectivity index (χ4n) is 3.45. The predicted molar refractivity (Wildman–Crippen MR) is 118 cm³/mol. The first-order chi connectivity index (χ1) is 14.6. The van der Waals surface area contributed by atoms with Crippen molar-refractivity contribution >= 4 is 34.8 Å². The summed E-state index contributed by atoms with van der Waals surface area (Å²) in [6.45, 7) is 0. The number of hydrogen-bond acceptors (Lipinski definition) is 3. The van der Waals surface area contributed by atoms with Crippen LogP contribution in [0, 0.1) is 5.82 Å². The summed E-state index contributed by atoms with van der Waals surface area (Å²) in [6, 6.07) is 21.0. The molecule has 5 rings (SSSR count). The molecule has 0 saturated carbocycles. The Morgan fingerprint density at radius 2 is 1.57 bits per heavy atom. The lowest BCUT2D eigenvalue weighted by Gasteiger charge is -2.25. The van der Waals surface area contributed by atoms with Crippen LogP contribution < -0.4 is 5.32 Å². The second kappa shape index (κ2) is 7.59. The van der Waals surface area contributed by atoms with Gasteiger partial charge < -0.3 is 5.32 Å². The molecule has 1 aliphatic rings. The topological polar surface area (TPSA) is 42.7 Å². The number of anilines is 1. The van der Waals surface area contributed by atoms with E-state index < -0.39 is 0 Å². The number of aromatic nitrogens is 3. The summed E-state index contributed by atoms with van der Waals surface area (Å²) in [5.41, 5.74) is 3.40. The third-order valence-electron chi connectivity index (χ3n) is 4.95. The van der Waals surface area contributed by atoms with Crippen LogP contribution in [0.2, 0.25) is 10.0 Å². The van der Waals surface area contributed by atoms with Crippen LogP contribution >= 0.6 is 23.2 Å². The summed E-state index contributed by atoms with van der Waals surface area (Å²) in [7, 11) is 0. The van der Waals surface area contributed by atoms with E-state index in [4.69, 9.17) is 28.3 Å². The molecule has 3 aromatic carbocycles. The van der Waals surface area contributed by atoms with Crippen LogP contribution in [0.4, 0.5) is 10.3 Å². The maximum absolute atomic E-state index is 13.4. The standard InChI is InChI=1S/C23H15Cl2FN4/c24-16-9-5-15(6-10-16)22-28-23-27-20(14-7-11-17(26)12-8-14)13-21(30(23)29-22)18-3-1-2-4-19(18)25/h1-13,21H,(H,27,28,29)/t21-/m1/s1. The van der Waals surface area contributed by atoms with Crippen molar-refractivity contribution in [1.82, 2.24) is 14.8 Å². The van der Waals surface area contributed by atoms with Gasteiger partial charge in [0.15, 0.2) is 5.82 Å². The van der Waals surface area contributed by atoms with Crippen molar-refractivity contribution < 1.29 is 4.39 Å². The van der Waals surface area contributed by atoms with E-state index in [1.165, 1.54) is 12.1 Å². The van der Waals surface area contributed by atoms with Crippen molar-refractivity contribution in [2.24, 2.45) is 0 Å². The van der Waals surface area contributed by atoms with Crippen LogP contribution in [0.1, 0.15) is 17.2 Å². The number of rotatable bonds is 3. The molecular formula is C23H15Cl2FN4. The minimum Gasteiger partial charge on any atom is -0.324 e. The molecule has 2 heterocycles. The third-order valence-corrected chi connectivity index (χ3v) is 5.54. The van der Waals surface area contributed by atoms with Crippen LogP contribution in [-0.4, -0.2) is 14.8 Å². The van der Waals surface area contributed by atoms with Gasteiger partial charge >= 0.3 is 0 Å². The quantitative estimate of drug-likeness (QED) is 0.401. The first-order valence-electron chi connectivity index (χ1n) is 9.30. The van der Waals surface area contributed by atoms with Crippen molar-refractivity contribution in [2.75, 3.05) is 5.32 Å². The first-order valence-corrected chi connectivity index (χ1v) is 10.1. The molecule has 1 aliphatic heterocycles. The van der Waals surface area contributed by atoms with Crippen LogP contribution in [0.5, 0.6) is 0 Å². The molecule has 0 fully saturated rings. The zero-order valence-electron chi connectivity index (χ0n) is 15.6. The SMILES string of the molecule is Fc1ccc(C2=C[C@H](c3ccccc3Cl)n3nc(-c4ccc(Cl)cc4)nc3N2)cc1. The van der Waals surface area contributed by atoms with Crippen molar-refractivity contribution in [3.63, 3.8) is 0 Å². The minimum atomic E-state index is -0.286. The zero-order chi connectivity index (χ0) is 20.7. The molecule has 1 atom stereocenters. The molecule has 4 aromatic rings. The predicted octanol–water partition coefficient (Wildman–Crippen LogP) is 6.45. The average molecular weight is 437 g/mol. The highest BCUT2D eigenvalue weighted by atomic mass is 35.5. The Balaban J connectivity index is 1.64. The number of hydrogen-bond donors (Lipinski definition) is 1. The Hall–Kier alpha value is -3.15. The molecule has 0 spiro atoms. The maximum Gasteiger partial charge on any atom is 0.227 e. The molecule has 0 amide bonds. The number of benzene rings is 3. The monoisotopic (exact) mass is 436 g/mol. The van der Waals surface area contributed by atoms with Crippen molar-refractivity contribution in [1.29, 1.82) is 0 Å². The van der Waals surface area contributed by atoms with E-state index in [1.807, 2.05) is 42.5 Å². The summed E-state index contributed by atoms with van der Waals surface area (Å²) in [4.78, 5) is 4.69. The lowest BCUT2D eigenvalue weighted by molar-refractivity contribution is 0.613. The van der Waals surface area contributed by atoms with Gasteiger partial charge in [-0.3, -0.25) is 0 Å². The minimum absolute atomic E-state index is 0.274. The van der Waals surface area contributed by atoms with Crippen LogP contribution in [0.25, 0.3) is 17.1 Å². The molecule has 0 radical (unpaired) electrons. The van der Waals surface area contributed by atoms with E-state index in [0.29, 0.717) is 21.8 Å². The second-order valence-corrected chi connectivity index (χ2v) is 7.73. The normalized spacial score (nSPS) is 15.3. The zero-order valence-corrected chi connectivity index (χ0v) is 17.1. The highest BCUT2D eigenvalue weighted by molar-refractivity contribution is 6.31. The largest absolute Gasteiger partial charge is 0.324 e. The Kier molecular flexibility index (Phi) is 4.77. The summed E-state index contributed by atoms with van der Waals surface area (Å²) in [5, 5.41) is 9.32. The maximum atomic E-state index is 13.4. The van der Waals surface area contributed by atoms with Crippen molar-refractivity contribution in [3.8, 4) is 11.4 Å². The highest BCUT2D eigenvalue weighted by Crippen LogP contribution is 2.36. The Labute approximate surface area is 182 Å². The van der Waals surface area contributed by atoms with E-state index >= 15 is 0 Å². The van der Waals surface area contributed by atoms with Crippen molar-refractivity contribution in [3.05, 3.63) is 106 Å². The molecule has 0 bridgehead atoms. The van der Waals surface area contributed by atoms with E-state index in [1.54, 1.807) is 28.9 Å². The van der Waals surface area contributed by atoms with Gasteiger partial charge in [0.2, 0.25) is 5.95 Å². The van der Waals surface area contributed by atoms with E-state index in [0.717, 1.165) is 22.4 Å². The Morgan fingerprint density at radius 3 is 2.30 bits per heavy atom. The molecule has 1 N–H and O–H groups in total. The van der Waals surface area contributed by atoms with E-state index in [-0.39, 0.29) is 11.9 Å². The van der Waals surface area contributed by atoms with Gasteiger partial charge in [0.1, 0.15) is 11.9 Å². The summed E-state index contributed by atoms with van der Waals surface area (Å²) < 4.78 is 15.2. The van der Waals surface area contributed by atoms with Gasteiger partial charge in [0.05, 0.1) is 0 Å². The molecule has 0 aliphatic carbocycles. The fraction of sp³-hybridized carbons (Fsp3) is 0.0435. The lowest BCUT2D eigenvalue weighted by atomic mass is 10.0. The summed E-state index contributed by atoms with van der Waals surface area (Å²) in [6.07, 6.45) is 2.02. The van der Waals surface area contributed by atoms with Gasteiger partial charge in [-0.1, -0.05) is 41.4 Å². The lowest BCUT2D eigenvalue weighted by Crippen LogP contribution is -2.20. The van der Waals surface area contributed by atoms with Gasteiger partial charge in [-0.2, -0.15) is 4.98 Å². The van der Waals surface area contributed by atoms with Crippen LogP contribution in [-0.2, 0) is 0 Å². The highest BCUT2D eigenvalue weighted by Gasteiger charge is 2.27. The molecule has 148 valence electrons. The van der Waals surface area contributed by atoms with Gasteiger partial charge in [-0.05, 0) is 71.8 Å². The number of nitrogens with one attached hydrogen (secondary N) is 1. The van der Waals surface area contributed by atoms with Crippen LogP contribution in [0.3, 0.4) is 0 Å². The van der Waals surface area contributed by atoms with Gasteiger partial charge in [-0.15, -0.1) is 5.10 Å². The average Bonchev–Trinajstić information content (AvgIpc) is 3.19. The second-order valence-electron chi connectivity index (χ2n) is 6.89. The molecular weight excluding hydrogens is 422 g/mol.